The number of H-pyrrole nitrogens is 1. The molecule has 0 saturated heterocycles. The molecule has 3 aromatic carbocycles. The van der Waals surface area contributed by atoms with E-state index in [4.69, 9.17) is 0 Å². The number of aromatic amines is 1. The Labute approximate surface area is 106 Å². The first-order valence-electron chi connectivity index (χ1n) is 6.23. The fourth-order valence-corrected chi connectivity index (χ4v) is 2.84. The molecule has 4 rings (SSSR count). The predicted molar refractivity (Wildman–Crippen MR) is 81.5 cm³/mol. The smallest absolute Gasteiger partial charge is 0.142 e. The lowest BCUT2D eigenvalue weighted by Crippen LogP contribution is -2.01. The summed E-state index contributed by atoms with van der Waals surface area (Å²) in [5, 5.41) is 5.29. The second-order valence-electron chi connectivity index (χ2n) is 4.83. The molecule has 0 spiro atoms. The predicted octanol–water partition coefficient (Wildman–Crippen LogP) is 2.73. The van der Waals surface area contributed by atoms with Crippen molar-refractivity contribution in [2.75, 3.05) is 0 Å². The number of rotatable bonds is 0. The molecule has 0 fully saturated rings. The summed E-state index contributed by atoms with van der Waals surface area (Å²) < 4.78 is 0. The molecular weight excluding hydrogens is 217 g/mol. The molecule has 4 aromatic rings. The Morgan fingerprint density at radius 1 is 0.778 bits per heavy atom. The molecule has 0 aliphatic carbocycles. The largest absolute Gasteiger partial charge is 0.355 e. The Morgan fingerprint density at radius 2 is 1.61 bits per heavy atom. The second-order valence-corrected chi connectivity index (χ2v) is 4.83. The molecule has 0 aliphatic heterocycles. The van der Waals surface area contributed by atoms with Crippen LogP contribution in [0, 0.1) is 0 Å². The lowest BCUT2D eigenvalue weighted by molar-refractivity contribution is 1.57. The topological polar surface area (TPSA) is 15.8 Å². The van der Waals surface area contributed by atoms with Crippen LogP contribution in [0.4, 0.5) is 0 Å². The van der Waals surface area contributed by atoms with E-state index in [2.05, 4.69) is 67.4 Å². The first-order valence-corrected chi connectivity index (χ1v) is 6.23. The number of benzene rings is 3. The Bertz CT molecular complexity index is 889. The minimum Gasteiger partial charge on any atom is -0.355 e. The lowest BCUT2D eigenvalue weighted by atomic mass is 9.93. The van der Waals surface area contributed by atoms with E-state index >= 15 is 0 Å². The molecule has 0 unspecified atom stereocenters. The zero-order valence-electron chi connectivity index (χ0n) is 10.2. The molecule has 1 aromatic heterocycles. The van der Waals surface area contributed by atoms with Crippen molar-refractivity contribution in [3.05, 3.63) is 54.6 Å². The van der Waals surface area contributed by atoms with Gasteiger partial charge >= 0.3 is 0 Å². The molecule has 1 N–H and O–H groups in total. The molecule has 0 aliphatic rings. The van der Waals surface area contributed by atoms with Gasteiger partial charge in [-0.25, -0.2) is 0 Å². The Kier molecular flexibility index (Phi) is 1.84. The van der Waals surface area contributed by atoms with Crippen LogP contribution in [0.3, 0.4) is 0 Å². The van der Waals surface area contributed by atoms with E-state index in [1.807, 2.05) is 0 Å². The molecule has 1 heterocycles. The number of fused-ring (bicyclic) bond motifs is 5. The number of aromatic nitrogens is 1. The SMILES string of the molecule is Bc1cccc2c1[nH]c1ccc3ccccc3c12. The molecule has 1 nitrogen and oxygen atoms in total. The maximum absolute atomic E-state index is 3.54. The first-order chi connectivity index (χ1) is 8.84. The summed E-state index contributed by atoms with van der Waals surface area (Å²) in [4.78, 5) is 3.54. The quantitative estimate of drug-likeness (QED) is 0.446. The third-order valence-corrected chi connectivity index (χ3v) is 3.73. The van der Waals surface area contributed by atoms with E-state index in [0.717, 1.165) is 0 Å². The third kappa shape index (κ3) is 1.18. The standard InChI is InChI=1S/C16H12BN/c17-13-7-3-6-12-15-11-5-2-1-4-10(11)8-9-14(15)18-16(12)13/h1-9,18H,17H2. The summed E-state index contributed by atoms with van der Waals surface area (Å²) in [7, 11) is 2.15. The van der Waals surface area contributed by atoms with Gasteiger partial charge in [-0.05, 0) is 16.8 Å². The van der Waals surface area contributed by atoms with Crippen LogP contribution in [-0.2, 0) is 0 Å². The number of hydrogen-bond acceptors (Lipinski definition) is 0. The van der Waals surface area contributed by atoms with Gasteiger partial charge in [0.25, 0.3) is 0 Å². The highest BCUT2D eigenvalue weighted by molar-refractivity contribution is 6.40. The van der Waals surface area contributed by atoms with Crippen LogP contribution in [-0.4, -0.2) is 12.8 Å². The maximum Gasteiger partial charge on any atom is 0.142 e. The van der Waals surface area contributed by atoms with Gasteiger partial charge in [0, 0.05) is 21.8 Å². The van der Waals surface area contributed by atoms with E-state index in [-0.39, 0.29) is 0 Å². The molecular formula is C16H12BN. The third-order valence-electron chi connectivity index (χ3n) is 3.73. The van der Waals surface area contributed by atoms with E-state index in [0.29, 0.717) is 0 Å². The van der Waals surface area contributed by atoms with Gasteiger partial charge in [0.05, 0.1) is 0 Å². The maximum atomic E-state index is 3.54. The zero-order valence-corrected chi connectivity index (χ0v) is 10.2. The molecule has 0 radical (unpaired) electrons. The fourth-order valence-electron chi connectivity index (χ4n) is 2.84. The normalized spacial score (nSPS) is 11.6. The monoisotopic (exact) mass is 229 g/mol. The average Bonchev–Trinajstić information content (AvgIpc) is 2.79. The van der Waals surface area contributed by atoms with Crippen LogP contribution in [0.5, 0.6) is 0 Å². The van der Waals surface area contributed by atoms with Crippen molar-refractivity contribution < 1.29 is 0 Å². The van der Waals surface area contributed by atoms with Crippen molar-refractivity contribution in [3.63, 3.8) is 0 Å². The molecule has 0 atom stereocenters. The molecule has 84 valence electrons. The molecule has 0 amide bonds. The first kappa shape index (κ1) is 9.78. The van der Waals surface area contributed by atoms with Crippen LogP contribution in [0.15, 0.2) is 54.6 Å². The minimum atomic E-state index is 1.22. The molecule has 0 saturated carbocycles. The van der Waals surface area contributed by atoms with Gasteiger partial charge in [-0.15, -0.1) is 0 Å². The van der Waals surface area contributed by atoms with Crippen LogP contribution < -0.4 is 5.46 Å². The van der Waals surface area contributed by atoms with Crippen LogP contribution in [0.1, 0.15) is 0 Å². The van der Waals surface area contributed by atoms with Gasteiger partial charge in [0.15, 0.2) is 0 Å². The Balaban J connectivity index is 2.37. The fraction of sp³-hybridized carbons (Fsp3) is 0. The van der Waals surface area contributed by atoms with Crippen molar-refractivity contribution in [1.29, 1.82) is 0 Å². The molecule has 0 bridgehead atoms. The van der Waals surface area contributed by atoms with Gasteiger partial charge in [0.2, 0.25) is 0 Å². The number of hydrogen-bond donors (Lipinski definition) is 1. The minimum absolute atomic E-state index is 1.22. The summed E-state index contributed by atoms with van der Waals surface area (Å²) in [5.41, 5.74) is 3.77. The highest BCUT2D eigenvalue weighted by Gasteiger charge is 2.08. The van der Waals surface area contributed by atoms with Crippen LogP contribution in [0.25, 0.3) is 32.6 Å². The van der Waals surface area contributed by atoms with Crippen LogP contribution >= 0.6 is 0 Å². The van der Waals surface area contributed by atoms with Gasteiger partial charge < -0.3 is 4.98 Å². The highest BCUT2D eigenvalue weighted by Crippen LogP contribution is 2.31. The zero-order chi connectivity index (χ0) is 12.1. The van der Waals surface area contributed by atoms with E-state index in [1.165, 1.54) is 38.0 Å². The molecule has 18 heavy (non-hydrogen) atoms. The number of para-hydroxylation sites is 1. The van der Waals surface area contributed by atoms with E-state index in [9.17, 15) is 0 Å². The van der Waals surface area contributed by atoms with Gasteiger partial charge in [-0.2, -0.15) is 0 Å². The highest BCUT2D eigenvalue weighted by atomic mass is 14.7. The van der Waals surface area contributed by atoms with Crippen molar-refractivity contribution in [2.45, 2.75) is 0 Å². The van der Waals surface area contributed by atoms with Gasteiger partial charge in [0.1, 0.15) is 7.85 Å². The van der Waals surface area contributed by atoms with Crippen molar-refractivity contribution in [3.8, 4) is 0 Å². The Hall–Kier alpha value is -2.22. The molecule has 2 heteroatoms. The summed E-state index contributed by atoms with van der Waals surface area (Å²) in [6, 6.07) is 19.4. The lowest BCUT2D eigenvalue weighted by Gasteiger charge is -1.99. The van der Waals surface area contributed by atoms with Crippen molar-refractivity contribution in [2.24, 2.45) is 0 Å². The van der Waals surface area contributed by atoms with Gasteiger partial charge in [-0.1, -0.05) is 54.0 Å². The second kappa shape index (κ2) is 3.39. The summed E-state index contributed by atoms with van der Waals surface area (Å²) in [6.45, 7) is 0. The average molecular weight is 229 g/mol. The van der Waals surface area contributed by atoms with Crippen LogP contribution in [0.2, 0.25) is 0 Å². The van der Waals surface area contributed by atoms with Crippen molar-refractivity contribution >= 4 is 45.9 Å². The summed E-state index contributed by atoms with van der Waals surface area (Å²) in [6.07, 6.45) is 0. The van der Waals surface area contributed by atoms with E-state index in [1.54, 1.807) is 0 Å². The van der Waals surface area contributed by atoms with Crippen molar-refractivity contribution in [1.82, 2.24) is 4.98 Å². The summed E-state index contributed by atoms with van der Waals surface area (Å²) >= 11 is 0. The Morgan fingerprint density at radius 3 is 2.56 bits per heavy atom. The number of nitrogens with one attached hydrogen (secondary N) is 1. The summed E-state index contributed by atoms with van der Waals surface area (Å²) in [5.74, 6) is 0. The van der Waals surface area contributed by atoms with Gasteiger partial charge in [-0.3, -0.25) is 0 Å². The van der Waals surface area contributed by atoms with E-state index < -0.39 is 0 Å².